The number of hydrogen-bond donors (Lipinski definition) is 0. The Kier molecular flexibility index (Phi) is 4.95. The molecule has 0 saturated carbocycles. The van der Waals surface area contributed by atoms with Crippen LogP contribution >= 0.6 is 0 Å². The Labute approximate surface area is 89.9 Å². The van der Waals surface area contributed by atoms with Gasteiger partial charge in [0.2, 0.25) is 0 Å². The Balaban J connectivity index is 2.60. The van der Waals surface area contributed by atoms with Crippen LogP contribution in [0.1, 0.15) is 6.92 Å². The molecule has 0 bridgehead atoms. The first-order chi connectivity index (χ1) is 7.33. The van der Waals surface area contributed by atoms with Gasteiger partial charge in [0.25, 0.3) is 0 Å². The zero-order valence-electron chi connectivity index (χ0n) is 8.72. The van der Waals surface area contributed by atoms with Crippen molar-refractivity contribution in [1.29, 1.82) is 0 Å². The molecule has 0 spiro atoms. The van der Waals surface area contributed by atoms with Crippen LogP contribution in [0.3, 0.4) is 0 Å². The minimum Gasteiger partial charge on any atom is -0.463 e. The van der Waals surface area contributed by atoms with E-state index in [4.69, 9.17) is 4.74 Å². The molecule has 0 saturated heterocycles. The van der Waals surface area contributed by atoms with Crippen LogP contribution in [0.2, 0.25) is 0 Å². The Hall–Kier alpha value is -1.83. The second kappa shape index (κ2) is 6.60. The summed E-state index contributed by atoms with van der Waals surface area (Å²) in [7, 11) is 0. The van der Waals surface area contributed by atoms with Gasteiger partial charge in [-0.25, -0.2) is 4.79 Å². The number of carbonyl (C=O) groups excluding carboxylic acids is 1. The Morgan fingerprint density at radius 3 is 2.80 bits per heavy atom. The molecule has 15 heavy (non-hydrogen) atoms. The molecular weight excluding hydrogens is 188 g/mol. The minimum atomic E-state index is -0.312. The van der Waals surface area contributed by atoms with Crippen molar-refractivity contribution in [2.75, 3.05) is 6.61 Å². The molecule has 1 aliphatic carbocycles. The zero-order chi connectivity index (χ0) is 10.9. The summed E-state index contributed by atoms with van der Waals surface area (Å²) in [6.07, 6.45) is 16.7. The molecule has 0 aromatic heterocycles. The second-order valence-corrected chi connectivity index (χ2v) is 2.88. The number of allylic oxidation sites excluding steroid dienone is 9. The number of ether oxygens (including phenoxy) is 1. The summed E-state index contributed by atoms with van der Waals surface area (Å²) in [5, 5.41) is 0. The van der Waals surface area contributed by atoms with E-state index in [2.05, 4.69) is 0 Å². The number of rotatable bonds is 3. The highest BCUT2D eigenvalue weighted by Crippen LogP contribution is 2.03. The average Bonchev–Trinajstić information content (AvgIpc) is 2.16. The summed E-state index contributed by atoms with van der Waals surface area (Å²) < 4.78 is 4.78. The Morgan fingerprint density at radius 2 is 2.00 bits per heavy atom. The minimum absolute atomic E-state index is 0.312. The molecule has 0 fully saturated rings. The van der Waals surface area contributed by atoms with Gasteiger partial charge >= 0.3 is 5.97 Å². The second-order valence-electron chi connectivity index (χ2n) is 2.88. The molecule has 1 aliphatic rings. The lowest BCUT2D eigenvalue weighted by atomic mass is 10.2. The van der Waals surface area contributed by atoms with Gasteiger partial charge < -0.3 is 4.74 Å². The summed E-state index contributed by atoms with van der Waals surface area (Å²) >= 11 is 0. The highest BCUT2D eigenvalue weighted by Gasteiger charge is 1.93. The molecular formula is C13H14O2. The third-order valence-electron chi connectivity index (χ3n) is 1.72. The third-order valence-corrected chi connectivity index (χ3v) is 1.72. The maximum atomic E-state index is 11.0. The molecule has 0 heterocycles. The number of hydrogen-bond acceptors (Lipinski definition) is 2. The van der Waals surface area contributed by atoms with E-state index >= 15 is 0 Å². The van der Waals surface area contributed by atoms with E-state index in [1.807, 2.05) is 42.5 Å². The van der Waals surface area contributed by atoms with Crippen molar-refractivity contribution < 1.29 is 9.53 Å². The smallest absolute Gasteiger partial charge is 0.330 e. The van der Waals surface area contributed by atoms with Crippen LogP contribution in [-0.2, 0) is 9.53 Å². The Morgan fingerprint density at radius 1 is 1.27 bits per heavy atom. The summed E-state index contributed by atoms with van der Waals surface area (Å²) in [5.41, 5.74) is 0.962. The van der Waals surface area contributed by atoms with E-state index in [1.165, 1.54) is 6.08 Å². The summed E-state index contributed by atoms with van der Waals surface area (Å²) in [5.74, 6) is -0.312. The fourth-order valence-electron chi connectivity index (χ4n) is 1.05. The van der Waals surface area contributed by atoms with Gasteiger partial charge in [-0.05, 0) is 18.6 Å². The van der Waals surface area contributed by atoms with Crippen LogP contribution in [0.4, 0.5) is 0 Å². The van der Waals surface area contributed by atoms with Gasteiger partial charge in [0, 0.05) is 6.08 Å². The van der Waals surface area contributed by atoms with Crippen LogP contribution in [0.5, 0.6) is 0 Å². The normalized spacial score (nSPS) is 24.7. The number of esters is 1. The van der Waals surface area contributed by atoms with Crippen molar-refractivity contribution in [3.05, 3.63) is 60.3 Å². The van der Waals surface area contributed by atoms with Crippen molar-refractivity contribution in [1.82, 2.24) is 0 Å². The molecule has 0 N–H and O–H groups in total. The molecule has 0 atom stereocenters. The van der Waals surface area contributed by atoms with Crippen molar-refractivity contribution in [2.45, 2.75) is 6.92 Å². The quantitative estimate of drug-likeness (QED) is 0.519. The van der Waals surface area contributed by atoms with E-state index in [9.17, 15) is 4.79 Å². The molecule has 2 nitrogen and oxygen atoms in total. The standard InChI is InChI=1S/C13H14O2/c1-2-15-13(14)11-10-12-8-6-4-3-5-7-9-12/h3-11H,2H2,1H3/b4-3+,5-3?,6-4?,7-5-,8-6-,9-7?,11-10+,12-8?,12-9-. The van der Waals surface area contributed by atoms with Crippen molar-refractivity contribution in [2.24, 2.45) is 0 Å². The lowest BCUT2D eigenvalue weighted by Gasteiger charge is -1.96. The SMILES string of the molecule is CCOC(=O)/C=C/C1=C\C=C/C=C/C=C\1. The maximum absolute atomic E-state index is 11.0. The molecule has 2 heteroatoms. The summed E-state index contributed by atoms with van der Waals surface area (Å²) in [6.45, 7) is 2.19. The van der Waals surface area contributed by atoms with E-state index in [-0.39, 0.29) is 5.97 Å². The van der Waals surface area contributed by atoms with E-state index < -0.39 is 0 Å². The first kappa shape index (κ1) is 11.2. The van der Waals surface area contributed by atoms with Crippen LogP contribution in [-0.4, -0.2) is 12.6 Å². The molecule has 0 unspecified atom stereocenters. The largest absolute Gasteiger partial charge is 0.463 e. The van der Waals surface area contributed by atoms with Gasteiger partial charge in [-0.3, -0.25) is 0 Å². The van der Waals surface area contributed by atoms with Crippen LogP contribution in [0.25, 0.3) is 0 Å². The van der Waals surface area contributed by atoms with Crippen LogP contribution in [0, 0.1) is 0 Å². The van der Waals surface area contributed by atoms with Gasteiger partial charge in [-0.1, -0.05) is 42.5 Å². The van der Waals surface area contributed by atoms with E-state index in [0.29, 0.717) is 6.61 Å². The molecule has 0 amide bonds. The van der Waals surface area contributed by atoms with Gasteiger partial charge in [-0.2, -0.15) is 0 Å². The molecule has 0 aliphatic heterocycles. The predicted octanol–water partition coefficient (Wildman–Crippen LogP) is 2.71. The molecule has 0 aromatic rings. The average molecular weight is 202 g/mol. The first-order valence-corrected chi connectivity index (χ1v) is 4.89. The van der Waals surface area contributed by atoms with Crippen molar-refractivity contribution in [3.63, 3.8) is 0 Å². The van der Waals surface area contributed by atoms with Gasteiger partial charge in [0.15, 0.2) is 0 Å². The van der Waals surface area contributed by atoms with Gasteiger partial charge in [-0.15, -0.1) is 0 Å². The van der Waals surface area contributed by atoms with Gasteiger partial charge in [0.05, 0.1) is 6.61 Å². The maximum Gasteiger partial charge on any atom is 0.330 e. The van der Waals surface area contributed by atoms with Crippen molar-refractivity contribution >= 4 is 5.97 Å². The lowest BCUT2D eigenvalue weighted by molar-refractivity contribution is -0.137. The number of carbonyl (C=O) groups is 1. The Bertz CT molecular complexity index is 355. The third kappa shape index (κ3) is 4.81. The molecule has 78 valence electrons. The van der Waals surface area contributed by atoms with E-state index in [0.717, 1.165) is 5.57 Å². The predicted molar refractivity (Wildman–Crippen MR) is 61.3 cm³/mol. The summed E-state index contributed by atoms with van der Waals surface area (Å²) in [4.78, 5) is 11.0. The first-order valence-electron chi connectivity index (χ1n) is 4.89. The molecule has 0 aromatic carbocycles. The fourth-order valence-corrected chi connectivity index (χ4v) is 1.05. The van der Waals surface area contributed by atoms with E-state index in [1.54, 1.807) is 13.0 Å². The lowest BCUT2D eigenvalue weighted by Crippen LogP contribution is -1.98. The highest BCUT2D eigenvalue weighted by atomic mass is 16.5. The fraction of sp³-hybridized carbons (Fsp3) is 0.154. The molecule has 0 radical (unpaired) electrons. The molecule has 1 rings (SSSR count). The monoisotopic (exact) mass is 202 g/mol. The van der Waals surface area contributed by atoms with Crippen LogP contribution in [0.15, 0.2) is 60.3 Å². The highest BCUT2D eigenvalue weighted by molar-refractivity contribution is 5.82. The topological polar surface area (TPSA) is 26.3 Å². The summed E-state index contributed by atoms with van der Waals surface area (Å²) in [6, 6.07) is 0. The van der Waals surface area contributed by atoms with Crippen molar-refractivity contribution in [3.8, 4) is 0 Å². The van der Waals surface area contributed by atoms with Crippen LogP contribution < -0.4 is 0 Å². The van der Waals surface area contributed by atoms with Gasteiger partial charge in [0.1, 0.15) is 0 Å². The zero-order valence-corrected chi connectivity index (χ0v) is 8.72.